The molecule has 0 bridgehead atoms. The Labute approximate surface area is 108 Å². The van der Waals surface area contributed by atoms with Gasteiger partial charge in [0.25, 0.3) is 5.91 Å². The quantitative estimate of drug-likeness (QED) is 0.576. The summed E-state index contributed by atoms with van der Waals surface area (Å²) in [4.78, 5) is 23.2. The van der Waals surface area contributed by atoms with E-state index in [9.17, 15) is 19.8 Å². The number of carbonyl (C=O) groups excluding carboxylic acids is 1. The van der Waals surface area contributed by atoms with E-state index in [1.165, 1.54) is 6.07 Å². The zero-order valence-corrected chi connectivity index (χ0v) is 9.92. The van der Waals surface area contributed by atoms with Crippen molar-refractivity contribution in [1.82, 2.24) is 5.32 Å². The van der Waals surface area contributed by atoms with Crippen LogP contribution in [0.15, 0.2) is 18.2 Å². The molecule has 0 aromatic heterocycles. The minimum absolute atomic E-state index is 0.0582. The molecule has 0 spiro atoms. The van der Waals surface area contributed by atoms with Crippen LogP contribution in [-0.2, 0) is 9.53 Å². The standard InChI is InChI=1S/C12H13NO6/c14-8-2-1-7(5-9(8)15)10(16)13-12(11(17)18)3-4-19-6-12/h1-2,5,14-15H,3-4,6H2,(H,13,16)(H,17,18). The van der Waals surface area contributed by atoms with E-state index in [1.54, 1.807) is 0 Å². The molecule has 0 saturated carbocycles. The minimum atomic E-state index is -1.44. The van der Waals surface area contributed by atoms with Crippen LogP contribution in [0.5, 0.6) is 11.5 Å². The molecule has 1 aliphatic heterocycles. The van der Waals surface area contributed by atoms with Crippen LogP contribution in [0.2, 0.25) is 0 Å². The zero-order chi connectivity index (χ0) is 14.0. The van der Waals surface area contributed by atoms with E-state index in [-0.39, 0.29) is 30.9 Å². The zero-order valence-electron chi connectivity index (χ0n) is 9.92. The molecule has 0 aliphatic carbocycles. The third kappa shape index (κ3) is 2.45. The van der Waals surface area contributed by atoms with Crippen molar-refractivity contribution in [2.24, 2.45) is 0 Å². The fourth-order valence-electron chi connectivity index (χ4n) is 1.84. The van der Waals surface area contributed by atoms with E-state index in [2.05, 4.69) is 5.32 Å². The lowest BCUT2D eigenvalue weighted by Crippen LogP contribution is -2.55. The SMILES string of the molecule is O=C(NC1(C(=O)O)CCOC1)c1ccc(O)c(O)c1. The number of aliphatic carboxylic acids is 1. The van der Waals surface area contributed by atoms with Crippen molar-refractivity contribution in [1.29, 1.82) is 0 Å². The second-order valence-corrected chi connectivity index (χ2v) is 4.35. The summed E-state index contributed by atoms with van der Waals surface area (Å²) in [6.07, 6.45) is 0.179. The van der Waals surface area contributed by atoms with Gasteiger partial charge in [-0.3, -0.25) is 4.79 Å². The van der Waals surface area contributed by atoms with Crippen molar-refractivity contribution < 1.29 is 29.6 Å². The summed E-state index contributed by atoms with van der Waals surface area (Å²) in [5.74, 6) is -2.61. The summed E-state index contributed by atoms with van der Waals surface area (Å²) in [6.45, 7) is 0.158. The van der Waals surface area contributed by atoms with E-state index < -0.39 is 23.2 Å². The lowest BCUT2D eigenvalue weighted by molar-refractivity contribution is -0.144. The monoisotopic (exact) mass is 267 g/mol. The smallest absolute Gasteiger partial charge is 0.331 e. The highest BCUT2D eigenvalue weighted by Gasteiger charge is 2.44. The highest BCUT2D eigenvalue weighted by atomic mass is 16.5. The molecule has 1 aliphatic rings. The van der Waals surface area contributed by atoms with E-state index in [1.807, 2.05) is 0 Å². The van der Waals surface area contributed by atoms with Crippen molar-refractivity contribution in [3.05, 3.63) is 23.8 Å². The molecule has 4 N–H and O–H groups in total. The Morgan fingerprint density at radius 3 is 2.53 bits per heavy atom. The van der Waals surface area contributed by atoms with Crippen LogP contribution in [0.4, 0.5) is 0 Å². The van der Waals surface area contributed by atoms with Crippen LogP contribution in [0.3, 0.4) is 0 Å². The second kappa shape index (κ2) is 4.77. The summed E-state index contributed by atoms with van der Waals surface area (Å²) >= 11 is 0. The summed E-state index contributed by atoms with van der Waals surface area (Å²) in [5, 5.41) is 30.0. The predicted octanol–water partition coefficient (Wildman–Crippen LogP) is 0.0713. The van der Waals surface area contributed by atoms with Gasteiger partial charge in [0.15, 0.2) is 17.0 Å². The molecule has 19 heavy (non-hydrogen) atoms. The summed E-state index contributed by atoms with van der Waals surface area (Å²) in [7, 11) is 0. The highest BCUT2D eigenvalue weighted by molar-refractivity contribution is 5.98. The largest absolute Gasteiger partial charge is 0.504 e. The van der Waals surface area contributed by atoms with Gasteiger partial charge in [-0.15, -0.1) is 0 Å². The molecule has 1 amide bonds. The molecule has 1 aromatic rings. The summed E-state index contributed by atoms with van der Waals surface area (Å²) < 4.78 is 5.02. The maximum absolute atomic E-state index is 12.0. The van der Waals surface area contributed by atoms with Crippen LogP contribution in [0.25, 0.3) is 0 Å². The van der Waals surface area contributed by atoms with Gasteiger partial charge in [-0.25, -0.2) is 4.79 Å². The Morgan fingerprint density at radius 1 is 1.26 bits per heavy atom. The number of hydrogen-bond donors (Lipinski definition) is 4. The Bertz CT molecular complexity index is 521. The molecule has 1 atom stereocenters. The van der Waals surface area contributed by atoms with E-state index in [0.29, 0.717) is 0 Å². The van der Waals surface area contributed by atoms with Gasteiger partial charge < -0.3 is 25.4 Å². The van der Waals surface area contributed by atoms with Crippen molar-refractivity contribution in [3.63, 3.8) is 0 Å². The first-order chi connectivity index (χ1) is 8.94. The first-order valence-corrected chi connectivity index (χ1v) is 5.60. The molecule has 1 heterocycles. The van der Waals surface area contributed by atoms with Crippen molar-refractivity contribution in [2.75, 3.05) is 13.2 Å². The lowest BCUT2D eigenvalue weighted by atomic mass is 9.98. The molecule has 2 rings (SSSR count). The number of carboxylic acid groups (broad SMARTS) is 1. The third-order valence-corrected chi connectivity index (χ3v) is 3.02. The molecule has 0 radical (unpaired) electrons. The van der Waals surface area contributed by atoms with Gasteiger partial charge in [-0.2, -0.15) is 0 Å². The molecule has 102 valence electrons. The van der Waals surface area contributed by atoms with Crippen LogP contribution < -0.4 is 5.32 Å². The van der Waals surface area contributed by atoms with Crippen molar-refractivity contribution in [3.8, 4) is 11.5 Å². The maximum Gasteiger partial charge on any atom is 0.331 e. The number of amides is 1. The Balaban J connectivity index is 2.20. The number of benzene rings is 1. The fourth-order valence-corrected chi connectivity index (χ4v) is 1.84. The van der Waals surface area contributed by atoms with Gasteiger partial charge in [0.05, 0.1) is 6.61 Å². The Kier molecular flexibility index (Phi) is 3.30. The molecule has 7 nitrogen and oxygen atoms in total. The van der Waals surface area contributed by atoms with E-state index in [4.69, 9.17) is 9.84 Å². The van der Waals surface area contributed by atoms with E-state index in [0.717, 1.165) is 12.1 Å². The lowest BCUT2D eigenvalue weighted by Gasteiger charge is -2.23. The molecule has 1 aromatic carbocycles. The van der Waals surface area contributed by atoms with Crippen LogP contribution in [-0.4, -0.2) is 45.9 Å². The van der Waals surface area contributed by atoms with Crippen molar-refractivity contribution in [2.45, 2.75) is 12.0 Å². The molecule has 1 fully saturated rings. The van der Waals surface area contributed by atoms with Gasteiger partial charge in [0, 0.05) is 18.6 Å². The number of rotatable bonds is 3. The van der Waals surface area contributed by atoms with Gasteiger partial charge in [-0.1, -0.05) is 0 Å². The first-order valence-electron chi connectivity index (χ1n) is 5.60. The third-order valence-electron chi connectivity index (χ3n) is 3.02. The Hall–Kier alpha value is -2.28. The maximum atomic E-state index is 12.0. The number of carbonyl (C=O) groups is 2. The average Bonchev–Trinajstić information content (AvgIpc) is 2.82. The Morgan fingerprint density at radius 2 is 2.00 bits per heavy atom. The second-order valence-electron chi connectivity index (χ2n) is 4.35. The molecular weight excluding hydrogens is 254 g/mol. The number of aromatic hydroxyl groups is 2. The average molecular weight is 267 g/mol. The molecule has 1 saturated heterocycles. The molecule has 7 heteroatoms. The van der Waals surface area contributed by atoms with Crippen LogP contribution in [0, 0.1) is 0 Å². The number of ether oxygens (including phenoxy) is 1. The minimum Gasteiger partial charge on any atom is -0.504 e. The summed E-state index contributed by atoms with van der Waals surface area (Å²) in [6, 6.07) is 3.51. The van der Waals surface area contributed by atoms with Crippen molar-refractivity contribution >= 4 is 11.9 Å². The predicted molar refractivity (Wildman–Crippen MR) is 63.0 cm³/mol. The summed E-state index contributed by atoms with van der Waals surface area (Å²) in [5.41, 5.74) is -1.38. The number of phenolic OH excluding ortho intramolecular Hbond substituents is 2. The van der Waals surface area contributed by atoms with Crippen LogP contribution >= 0.6 is 0 Å². The fraction of sp³-hybridized carbons (Fsp3) is 0.333. The first kappa shape index (κ1) is 13.2. The van der Waals surface area contributed by atoms with Gasteiger partial charge in [-0.05, 0) is 18.2 Å². The number of carboxylic acids is 1. The normalized spacial score (nSPS) is 22.1. The molecular formula is C12H13NO6. The molecule has 1 unspecified atom stereocenters. The van der Waals surface area contributed by atoms with Gasteiger partial charge in [0.1, 0.15) is 0 Å². The number of hydrogen-bond acceptors (Lipinski definition) is 5. The van der Waals surface area contributed by atoms with E-state index >= 15 is 0 Å². The van der Waals surface area contributed by atoms with Gasteiger partial charge in [0.2, 0.25) is 0 Å². The van der Waals surface area contributed by atoms with Gasteiger partial charge >= 0.3 is 5.97 Å². The number of phenols is 2. The number of nitrogens with one attached hydrogen (secondary N) is 1. The highest BCUT2D eigenvalue weighted by Crippen LogP contribution is 2.26. The van der Waals surface area contributed by atoms with Crippen LogP contribution in [0.1, 0.15) is 16.8 Å². The topological polar surface area (TPSA) is 116 Å².